The zero-order chi connectivity index (χ0) is 8.53. The molecule has 0 spiro atoms. The van der Waals surface area contributed by atoms with Crippen molar-refractivity contribution in [2.75, 3.05) is 13.2 Å². The van der Waals surface area contributed by atoms with Crippen LogP contribution in [-0.2, 0) is 4.74 Å². The lowest BCUT2D eigenvalue weighted by Gasteiger charge is -2.04. The predicted octanol–water partition coefficient (Wildman–Crippen LogP) is -0.176. The van der Waals surface area contributed by atoms with E-state index in [-0.39, 0.29) is 6.61 Å². The smallest absolute Gasteiger partial charge is 0.266 e. The maximum absolute atomic E-state index is 8.40. The fourth-order valence-electron chi connectivity index (χ4n) is 0.756. The minimum atomic E-state index is -1.65. The van der Waals surface area contributed by atoms with Crippen molar-refractivity contribution in [3.8, 4) is 0 Å². The molecule has 0 aromatic rings. The quantitative estimate of drug-likeness (QED) is 0.361. The highest BCUT2D eigenvalue weighted by atomic mass is 16.7. The maximum atomic E-state index is 8.40. The van der Waals surface area contributed by atoms with Crippen LogP contribution in [0.25, 0.3) is 0 Å². The first-order chi connectivity index (χ1) is 5.27. The molecule has 11 heavy (non-hydrogen) atoms. The van der Waals surface area contributed by atoms with Crippen molar-refractivity contribution in [2.45, 2.75) is 32.2 Å². The first-order valence-electron chi connectivity index (χ1n) is 3.86. The summed E-state index contributed by atoms with van der Waals surface area (Å²) in [5, 5.41) is 24.9. The molecule has 0 rings (SSSR count). The van der Waals surface area contributed by atoms with Gasteiger partial charge < -0.3 is 20.1 Å². The van der Waals surface area contributed by atoms with Crippen molar-refractivity contribution < 1.29 is 20.1 Å². The molecule has 3 N–H and O–H groups in total. The van der Waals surface area contributed by atoms with Crippen molar-refractivity contribution >= 4 is 0 Å². The van der Waals surface area contributed by atoms with Crippen LogP contribution in [0.2, 0.25) is 0 Å². The monoisotopic (exact) mass is 164 g/mol. The summed E-state index contributed by atoms with van der Waals surface area (Å²) in [4.78, 5) is 0. The highest BCUT2D eigenvalue weighted by Gasteiger charge is 1.94. The second-order valence-corrected chi connectivity index (χ2v) is 2.33. The van der Waals surface area contributed by atoms with Crippen LogP contribution in [0.4, 0.5) is 0 Å². The molecule has 0 saturated carbocycles. The van der Waals surface area contributed by atoms with E-state index >= 15 is 0 Å². The Hall–Kier alpha value is -0.160. The molecule has 0 aliphatic rings. The molecule has 4 nitrogen and oxygen atoms in total. The molecule has 0 heterocycles. The molecule has 0 fully saturated rings. The average Bonchev–Trinajstić information content (AvgIpc) is 1.96. The van der Waals surface area contributed by atoms with Gasteiger partial charge in [-0.3, -0.25) is 0 Å². The molecule has 0 amide bonds. The molecule has 0 aliphatic carbocycles. The molecular formula is C7H16O4. The van der Waals surface area contributed by atoms with Gasteiger partial charge in [0.2, 0.25) is 0 Å². The van der Waals surface area contributed by atoms with Crippen molar-refractivity contribution in [3.05, 3.63) is 0 Å². The topological polar surface area (TPSA) is 69.9 Å². The highest BCUT2D eigenvalue weighted by Crippen LogP contribution is 1.99. The summed E-state index contributed by atoms with van der Waals surface area (Å²) < 4.78 is 4.47. The molecule has 0 atom stereocenters. The second-order valence-electron chi connectivity index (χ2n) is 2.33. The maximum Gasteiger partial charge on any atom is 0.266 e. The lowest BCUT2D eigenvalue weighted by atomic mass is 10.2. The molecule has 0 radical (unpaired) electrons. The number of hydrogen-bond acceptors (Lipinski definition) is 4. The highest BCUT2D eigenvalue weighted by molar-refractivity contribution is 4.40. The first-order valence-corrected chi connectivity index (χ1v) is 3.86. The molecule has 0 aromatic carbocycles. The molecule has 0 saturated heterocycles. The zero-order valence-corrected chi connectivity index (χ0v) is 6.57. The van der Waals surface area contributed by atoms with Crippen LogP contribution >= 0.6 is 0 Å². The summed E-state index contributed by atoms with van der Waals surface area (Å²) in [7, 11) is 0. The van der Waals surface area contributed by atoms with E-state index in [4.69, 9.17) is 15.3 Å². The van der Waals surface area contributed by atoms with E-state index < -0.39 is 6.48 Å². The van der Waals surface area contributed by atoms with Crippen LogP contribution in [0.5, 0.6) is 0 Å². The summed E-state index contributed by atoms with van der Waals surface area (Å²) in [5.41, 5.74) is 0. The first kappa shape index (κ1) is 10.8. The van der Waals surface area contributed by atoms with Crippen LogP contribution in [-0.4, -0.2) is 35.0 Å². The third-order valence-electron chi connectivity index (χ3n) is 1.32. The third kappa shape index (κ3) is 9.84. The van der Waals surface area contributed by atoms with Crippen LogP contribution in [0, 0.1) is 0 Å². The van der Waals surface area contributed by atoms with Gasteiger partial charge >= 0.3 is 0 Å². The van der Waals surface area contributed by atoms with Crippen LogP contribution in [0.3, 0.4) is 0 Å². The summed E-state index contributed by atoms with van der Waals surface area (Å²) in [5.74, 6) is 0. The molecule has 0 unspecified atom stereocenters. The van der Waals surface area contributed by atoms with Gasteiger partial charge in [-0.05, 0) is 12.8 Å². The normalized spacial score (nSPS) is 10.9. The summed E-state index contributed by atoms with van der Waals surface area (Å²) in [6.45, 7) is -1.06. The van der Waals surface area contributed by atoms with Gasteiger partial charge in [-0.2, -0.15) is 0 Å². The Morgan fingerprint density at radius 2 is 1.64 bits per heavy atom. The van der Waals surface area contributed by atoms with Gasteiger partial charge in [0.1, 0.15) is 0 Å². The van der Waals surface area contributed by atoms with E-state index in [0.717, 1.165) is 25.7 Å². The van der Waals surface area contributed by atoms with Crippen molar-refractivity contribution in [3.63, 3.8) is 0 Å². The Labute approximate surface area is 66.4 Å². The third-order valence-corrected chi connectivity index (χ3v) is 1.32. The Bertz CT molecular complexity index is 74.8. The predicted molar refractivity (Wildman–Crippen MR) is 39.7 cm³/mol. The number of aliphatic hydroxyl groups is 3. The molecule has 0 aliphatic heterocycles. The molecule has 0 aromatic heterocycles. The number of ether oxygens (including phenoxy) is 1. The fourth-order valence-corrected chi connectivity index (χ4v) is 0.756. The van der Waals surface area contributed by atoms with Gasteiger partial charge in [-0.25, -0.2) is 0 Å². The van der Waals surface area contributed by atoms with Gasteiger partial charge in [0, 0.05) is 6.61 Å². The number of rotatable bonds is 7. The van der Waals surface area contributed by atoms with E-state index in [1.807, 2.05) is 0 Å². The van der Waals surface area contributed by atoms with Gasteiger partial charge in [0.15, 0.2) is 0 Å². The Kier molecular flexibility index (Phi) is 7.83. The largest absolute Gasteiger partial charge is 0.396 e. The van der Waals surface area contributed by atoms with Gasteiger partial charge in [-0.15, -0.1) is 0 Å². The zero-order valence-electron chi connectivity index (χ0n) is 6.57. The SMILES string of the molecule is OCCCCCCOC(O)O. The van der Waals surface area contributed by atoms with E-state index in [1.54, 1.807) is 0 Å². The molecule has 68 valence electrons. The van der Waals surface area contributed by atoms with Crippen molar-refractivity contribution in [1.82, 2.24) is 0 Å². The van der Waals surface area contributed by atoms with E-state index in [0.29, 0.717) is 6.61 Å². The summed E-state index contributed by atoms with van der Waals surface area (Å²) in [6, 6.07) is 0. The van der Waals surface area contributed by atoms with Crippen LogP contribution < -0.4 is 0 Å². The minimum Gasteiger partial charge on any atom is -0.396 e. The average molecular weight is 164 g/mol. The lowest BCUT2D eigenvalue weighted by molar-refractivity contribution is -0.234. The van der Waals surface area contributed by atoms with Gasteiger partial charge in [-0.1, -0.05) is 12.8 Å². The van der Waals surface area contributed by atoms with E-state index in [9.17, 15) is 0 Å². The Morgan fingerprint density at radius 1 is 1.00 bits per heavy atom. The van der Waals surface area contributed by atoms with Crippen molar-refractivity contribution in [2.24, 2.45) is 0 Å². The number of aliphatic hydroxyl groups excluding tert-OH is 2. The minimum absolute atomic E-state index is 0.226. The lowest BCUT2D eigenvalue weighted by Crippen LogP contribution is -2.10. The van der Waals surface area contributed by atoms with Crippen LogP contribution in [0.15, 0.2) is 0 Å². The molecular weight excluding hydrogens is 148 g/mol. The fraction of sp³-hybridized carbons (Fsp3) is 1.00. The standard InChI is InChI=1S/C7H16O4/c8-5-3-1-2-4-6-11-7(9)10/h7-10H,1-6H2. The van der Waals surface area contributed by atoms with Gasteiger partial charge in [0.25, 0.3) is 6.48 Å². The van der Waals surface area contributed by atoms with E-state index in [1.165, 1.54) is 0 Å². The number of unbranched alkanes of at least 4 members (excludes halogenated alkanes) is 3. The summed E-state index contributed by atoms with van der Waals surface area (Å²) >= 11 is 0. The van der Waals surface area contributed by atoms with Crippen molar-refractivity contribution in [1.29, 1.82) is 0 Å². The molecule has 4 heteroatoms. The van der Waals surface area contributed by atoms with Crippen LogP contribution in [0.1, 0.15) is 25.7 Å². The number of hydrogen-bond donors (Lipinski definition) is 3. The molecule has 0 bridgehead atoms. The Balaban J connectivity index is 2.80. The van der Waals surface area contributed by atoms with E-state index in [2.05, 4.69) is 4.74 Å². The summed E-state index contributed by atoms with van der Waals surface area (Å²) in [6.07, 6.45) is 3.52. The second kappa shape index (κ2) is 7.94. The Morgan fingerprint density at radius 3 is 2.18 bits per heavy atom. The van der Waals surface area contributed by atoms with Gasteiger partial charge in [0.05, 0.1) is 6.61 Å².